The molecule has 21 heavy (non-hydrogen) atoms. The van der Waals surface area contributed by atoms with Gasteiger partial charge in [0.15, 0.2) is 11.4 Å². The van der Waals surface area contributed by atoms with E-state index in [4.69, 9.17) is 4.74 Å². The molecule has 114 valence electrons. The fourth-order valence-electron chi connectivity index (χ4n) is 3.35. The highest BCUT2D eigenvalue weighted by Gasteiger charge is 2.41. The summed E-state index contributed by atoms with van der Waals surface area (Å²) in [6.07, 6.45) is 5.66. The summed E-state index contributed by atoms with van der Waals surface area (Å²) in [4.78, 5) is 26.8. The molecular weight excluding hydrogens is 268 g/mol. The first-order valence-corrected chi connectivity index (χ1v) is 7.82. The van der Waals surface area contributed by atoms with Crippen molar-refractivity contribution in [3.05, 3.63) is 28.2 Å². The summed E-state index contributed by atoms with van der Waals surface area (Å²) in [5.41, 5.74) is 0.236. The van der Waals surface area contributed by atoms with Crippen LogP contribution in [0.1, 0.15) is 50.0 Å². The van der Waals surface area contributed by atoms with Crippen molar-refractivity contribution >= 4 is 5.91 Å². The first-order valence-electron chi connectivity index (χ1n) is 7.82. The van der Waals surface area contributed by atoms with Crippen LogP contribution in [-0.2, 0) is 6.54 Å². The number of nitrogens with zero attached hydrogens (tertiary/aromatic N) is 2. The molecule has 2 aliphatic rings. The molecule has 1 aromatic heterocycles. The number of aromatic nitrogens is 1. The molecular formula is C16H22N2O3. The molecule has 3 heterocycles. The van der Waals surface area contributed by atoms with Gasteiger partial charge in [-0.15, -0.1) is 0 Å². The molecule has 1 saturated heterocycles. The van der Waals surface area contributed by atoms with E-state index < -0.39 is 0 Å². The lowest BCUT2D eigenvalue weighted by Gasteiger charge is -2.35. The van der Waals surface area contributed by atoms with E-state index in [1.54, 1.807) is 6.20 Å². The Kier molecular flexibility index (Phi) is 3.74. The topological polar surface area (TPSA) is 51.5 Å². The van der Waals surface area contributed by atoms with Crippen LogP contribution in [0.5, 0.6) is 5.75 Å². The Bertz CT molecular complexity index is 608. The number of ether oxygens (including phenoxy) is 1. The van der Waals surface area contributed by atoms with Crippen LogP contribution in [0.25, 0.3) is 0 Å². The molecule has 0 N–H and O–H groups in total. The van der Waals surface area contributed by atoms with Crippen LogP contribution in [0, 0.1) is 0 Å². The maximum atomic E-state index is 12.8. The lowest BCUT2D eigenvalue weighted by atomic mass is 10.1. The van der Waals surface area contributed by atoms with E-state index in [-0.39, 0.29) is 29.2 Å². The molecule has 1 amide bonds. The number of fused-ring (bicyclic) bond motifs is 2. The molecule has 0 radical (unpaired) electrons. The van der Waals surface area contributed by atoms with Gasteiger partial charge in [0, 0.05) is 24.8 Å². The number of unbranched alkanes of at least 4 members (excludes halogenated alkanes) is 1. The zero-order valence-electron chi connectivity index (χ0n) is 12.7. The number of hydrogen-bond acceptors (Lipinski definition) is 3. The van der Waals surface area contributed by atoms with Gasteiger partial charge in [0.25, 0.3) is 5.91 Å². The average molecular weight is 290 g/mol. The van der Waals surface area contributed by atoms with E-state index in [0.717, 1.165) is 32.2 Å². The maximum Gasteiger partial charge on any atom is 0.275 e. The van der Waals surface area contributed by atoms with E-state index >= 15 is 0 Å². The molecule has 2 aliphatic heterocycles. The summed E-state index contributed by atoms with van der Waals surface area (Å²) in [6, 6.07) is 2.01. The Morgan fingerprint density at radius 2 is 2.14 bits per heavy atom. The fourth-order valence-corrected chi connectivity index (χ4v) is 3.35. The third kappa shape index (κ3) is 2.34. The van der Waals surface area contributed by atoms with Crippen molar-refractivity contribution in [1.29, 1.82) is 0 Å². The second-order valence-electron chi connectivity index (χ2n) is 6.00. The summed E-state index contributed by atoms with van der Waals surface area (Å²) in [6.45, 7) is 5.38. The molecule has 0 aromatic carbocycles. The average Bonchev–Trinajstić information content (AvgIpc) is 2.83. The SMILES string of the molecule is CCCCOc1c2n(ccc1=O)C[C@H]1CC[C@H](C)N1C2=O. The quantitative estimate of drug-likeness (QED) is 0.797. The summed E-state index contributed by atoms with van der Waals surface area (Å²) in [7, 11) is 0. The van der Waals surface area contributed by atoms with E-state index in [9.17, 15) is 9.59 Å². The molecule has 2 atom stereocenters. The van der Waals surface area contributed by atoms with E-state index in [2.05, 4.69) is 13.8 Å². The van der Waals surface area contributed by atoms with Gasteiger partial charge in [-0.05, 0) is 26.2 Å². The lowest BCUT2D eigenvalue weighted by Crippen LogP contribution is -2.48. The third-order valence-electron chi connectivity index (χ3n) is 4.51. The Balaban J connectivity index is 1.99. The molecule has 3 rings (SSSR count). The smallest absolute Gasteiger partial charge is 0.275 e. The van der Waals surface area contributed by atoms with Crippen LogP contribution in [0.3, 0.4) is 0 Å². The predicted molar refractivity (Wildman–Crippen MR) is 79.8 cm³/mol. The van der Waals surface area contributed by atoms with Gasteiger partial charge < -0.3 is 14.2 Å². The Hall–Kier alpha value is -1.78. The molecule has 0 bridgehead atoms. The van der Waals surface area contributed by atoms with Gasteiger partial charge >= 0.3 is 0 Å². The largest absolute Gasteiger partial charge is 0.487 e. The number of carbonyl (C=O) groups excluding carboxylic acids is 1. The molecule has 1 aromatic rings. The molecule has 0 unspecified atom stereocenters. The first-order chi connectivity index (χ1) is 10.1. The number of carbonyl (C=O) groups is 1. The minimum Gasteiger partial charge on any atom is -0.487 e. The second kappa shape index (κ2) is 5.54. The summed E-state index contributed by atoms with van der Waals surface area (Å²) in [5.74, 6) is 0.175. The Morgan fingerprint density at radius 3 is 2.90 bits per heavy atom. The van der Waals surface area contributed by atoms with Crippen molar-refractivity contribution in [2.24, 2.45) is 0 Å². The molecule has 1 fully saturated rings. The highest BCUT2D eigenvalue weighted by Crippen LogP contribution is 2.32. The Labute approximate surface area is 124 Å². The molecule has 0 saturated carbocycles. The van der Waals surface area contributed by atoms with Crippen LogP contribution in [0.2, 0.25) is 0 Å². The van der Waals surface area contributed by atoms with E-state index in [1.165, 1.54) is 6.07 Å². The van der Waals surface area contributed by atoms with Crippen molar-refractivity contribution in [3.8, 4) is 5.75 Å². The van der Waals surface area contributed by atoms with Gasteiger partial charge in [-0.3, -0.25) is 9.59 Å². The van der Waals surface area contributed by atoms with Crippen LogP contribution in [0.15, 0.2) is 17.1 Å². The van der Waals surface area contributed by atoms with Gasteiger partial charge in [0.1, 0.15) is 0 Å². The minimum atomic E-state index is -0.198. The Morgan fingerprint density at radius 1 is 1.33 bits per heavy atom. The molecule has 0 aliphatic carbocycles. The number of rotatable bonds is 4. The zero-order chi connectivity index (χ0) is 15.0. The fraction of sp³-hybridized carbons (Fsp3) is 0.625. The van der Waals surface area contributed by atoms with Crippen LogP contribution in [-0.4, -0.2) is 34.1 Å². The minimum absolute atomic E-state index is 0.0551. The van der Waals surface area contributed by atoms with E-state index in [0.29, 0.717) is 12.3 Å². The molecule has 0 spiro atoms. The molecule has 5 heteroatoms. The number of amides is 1. The van der Waals surface area contributed by atoms with Crippen molar-refractivity contribution in [2.75, 3.05) is 6.61 Å². The monoisotopic (exact) mass is 290 g/mol. The maximum absolute atomic E-state index is 12.8. The number of pyridine rings is 1. The number of hydrogen-bond donors (Lipinski definition) is 0. The zero-order valence-corrected chi connectivity index (χ0v) is 12.7. The van der Waals surface area contributed by atoms with Crippen molar-refractivity contribution in [1.82, 2.24) is 9.47 Å². The summed E-state index contributed by atoms with van der Waals surface area (Å²) >= 11 is 0. The predicted octanol–water partition coefficient (Wildman–Crippen LogP) is 2.03. The highest BCUT2D eigenvalue weighted by atomic mass is 16.5. The van der Waals surface area contributed by atoms with Crippen LogP contribution in [0.4, 0.5) is 0 Å². The summed E-state index contributed by atoms with van der Waals surface area (Å²) < 4.78 is 7.54. The van der Waals surface area contributed by atoms with Gasteiger partial charge in [-0.1, -0.05) is 13.3 Å². The molecule has 5 nitrogen and oxygen atoms in total. The van der Waals surface area contributed by atoms with Gasteiger partial charge in [0.2, 0.25) is 5.43 Å². The first kappa shape index (κ1) is 14.2. The van der Waals surface area contributed by atoms with Crippen molar-refractivity contribution < 1.29 is 9.53 Å². The third-order valence-corrected chi connectivity index (χ3v) is 4.51. The second-order valence-corrected chi connectivity index (χ2v) is 6.00. The standard InChI is InChI=1S/C16H22N2O3/c1-3-4-9-21-15-13(19)7-8-17-10-12-6-5-11(2)18(12)16(20)14(15)17/h7-8,11-12H,3-6,9-10H2,1-2H3/t11-,12+/m0/s1. The van der Waals surface area contributed by atoms with Crippen molar-refractivity contribution in [2.45, 2.75) is 58.2 Å². The van der Waals surface area contributed by atoms with Gasteiger partial charge in [0.05, 0.1) is 12.6 Å². The highest BCUT2D eigenvalue weighted by molar-refractivity contribution is 5.96. The van der Waals surface area contributed by atoms with Crippen LogP contribution >= 0.6 is 0 Å². The van der Waals surface area contributed by atoms with E-state index in [1.807, 2.05) is 9.47 Å². The van der Waals surface area contributed by atoms with Gasteiger partial charge in [-0.25, -0.2) is 0 Å². The summed E-state index contributed by atoms with van der Waals surface area (Å²) in [5, 5.41) is 0. The van der Waals surface area contributed by atoms with Crippen molar-refractivity contribution in [3.63, 3.8) is 0 Å². The normalized spacial score (nSPS) is 23.9. The van der Waals surface area contributed by atoms with Gasteiger partial charge in [-0.2, -0.15) is 0 Å². The lowest BCUT2D eigenvalue weighted by molar-refractivity contribution is 0.0594. The van der Waals surface area contributed by atoms with Crippen LogP contribution < -0.4 is 10.2 Å².